The Morgan fingerprint density at radius 2 is 1.32 bits per heavy atom. The van der Waals surface area contributed by atoms with E-state index < -0.39 is 5.97 Å². The number of hydrogen-bond acceptors (Lipinski definition) is 1. The third-order valence-electron chi connectivity index (χ3n) is 5.12. The third kappa shape index (κ3) is 5.97. The molecule has 3 aromatic rings. The Balaban J connectivity index is 1.51. The average Bonchev–Trinajstić information content (AvgIpc) is 2.72. The fourth-order valence-electron chi connectivity index (χ4n) is 3.44. The van der Waals surface area contributed by atoms with Crippen molar-refractivity contribution in [3.8, 4) is 11.1 Å². The van der Waals surface area contributed by atoms with Crippen molar-refractivity contribution < 1.29 is 9.90 Å². The van der Waals surface area contributed by atoms with Crippen molar-refractivity contribution in [2.24, 2.45) is 5.92 Å². The summed E-state index contributed by atoms with van der Waals surface area (Å²) in [5.74, 6) is -0.981. The summed E-state index contributed by atoms with van der Waals surface area (Å²) in [5, 5.41) is 10.3. The molecule has 1 unspecified atom stereocenters. The SMILES string of the molecule is O=C(O)C(CCCc1ccccc1)CCc1ccc(-c2ccc(Cl)cc2)cc1. The van der Waals surface area contributed by atoms with Gasteiger partial charge in [0, 0.05) is 5.02 Å². The first-order valence-electron chi connectivity index (χ1n) is 9.73. The Bertz CT molecular complexity index is 871. The number of rotatable bonds is 9. The summed E-state index contributed by atoms with van der Waals surface area (Å²) in [6, 6.07) is 26.4. The van der Waals surface area contributed by atoms with Crippen LogP contribution in [-0.4, -0.2) is 11.1 Å². The number of carbonyl (C=O) groups is 1. The molecule has 3 heteroatoms. The Labute approximate surface area is 171 Å². The molecule has 0 spiro atoms. The van der Waals surface area contributed by atoms with E-state index in [1.807, 2.05) is 42.5 Å². The first kappa shape index (κ1) is 20.2. The van der Waals surface area contributed by atoms with Crippen LogP contribution in [0.1, 0.15) is 30.4 Å². The molecule has 144 valence electrons. The molecule has 3 rings (SSSR count). The summed E-state index contributed by atoms with van der Waals surface area (Å²) in [6.07, 6.45) is 4.00. The van der Waals surface area contributed by atoms with Gasteiger partial charge in [0.25, 0.3) is 0 Å². The van der Waals surface area contributed by atoms with Crippen molar-refractivity contribution in [1.29, 1.82) is 0 Å². The van der Waals surface area contributed by atoms with Crippen LogP contribution in [-0.2, 0) is 17.6 Å². The van der Waals surface area contributed by atoms with Crippen LogP contribution < -0.4 is 0 Å². The average molecular weight is 393 g/mol. The van der Waals surface area contributed by atoms with Gasteiger partial charge in [-0.3, -0.25) is 4.79 Å². The van der Waals surface area contributed by atoms with Gasteiger partial charge in [-0.25, -0.2) is 0 Å². The Morgan fingerprint density at radius 3 is 1.93 bits per heavy atom. The molecule has 0 bridgehead atoms. The van der Waals surface area contributed by atoms with Gasteiger partial charge in [-0.15, -0.1) is 0 Å². The summed E-state index contributed by atoms with van der Waals surface area (Å²) in [7, 11) is 0. The summed E-state index contributed by atoms with van der Waals surface area (Å²) >= 11 is 5.94. The molecule has 0 aliphatic rings. The first-order chi connectivity index (χ1) is 13.6. The predicted molar refractivity (Wildman–Crippen MR) is 116 cm³/mol. The molecule has 1 atom stereocenters. The van der Waals surface area contributed by atoms with Crippen molar-refractivity contribution in [3.05, 3.63) is 95.0 Å². The predicted octanol–water partition coefficient (Wildman–Crippen LogP) is 6.66. The van der Waals surface area contributed by atoms with E-state index in [1.54, 1.807) is 0 Å². The van der Waals surface area contributed by atoms with Crippen LogP contribution in [0.2, 0.25) is 5.02 Å². The highest BCUT2D eigenvalue weighted by Crippen LogP contribution is 2.23. The minimum Gasteiger partial charge on any atom is -0.481 e. The van der Waals surface area contributed by atoms with Gasteiger partial charge >= 0.3 is 5.97 Å². The van der Waals surface area contributed by atoms with Crippen LogP contribution in [0.15, 0.2) is 78.9 Å². The zero-order valence-electron chi connectivity index (χ0n) is 15.9. The smallest absolute Gasteiger partial charge is 0.306 e. The lowest BCUT2D eigenvalue weighted by atomic mass is 9.93. The molecule has 3 aromatic carbocycles. The minimum absolute atomic E-state index is 0.292. The molecule has 0 amide bonds. The van der Waals surface area contributed by atoms with E-state index >= 15 is 0 Å². The van der Waals surface area contributed by atoms with E-state index in [2.05, 4.69) is 36.4 Å². The van der Waals surface area contributed by atoms with E-state index in [-0.39, 0.29) is 5.92 Å². The second-order valence-corrected chi connectivity index (χ2v) is 7.59. The van der Waals surface area contributed by atoms with E-state index in [0.717, 1.165) is 35.4 Å². The lowest BCUT2D eigenvalue weighted by Gasteiger charge is -2.12. The molecule has 2 nitrogen and oxygen atoms in total. The van der Waals surface area contributed by atoms with E-state index in [1.165, 1.54) is 11.1 Å². The number of hydrogen-bond donors (Lipinski definition) is 1. The van der Waals surface area contributed by atoms with Gasteiger partial charge in [-0.05, 0) is 66.5 Å². The molecular formula is C25H25ClO2. The maximum absolute atomic E-state index is 11.6. The lowest BCUT2D eigenvalue weighted by molar-refractivity contribution is -0.142. The van der Waals surface area contributed by atoms with Crippen molar-refractivity contribution in [2.75, 3.05) is 0 Å². The van der Waals surface area contributed by atoms with Gasteiger partial charge in [0.1, 0.15) is 0 Å². The molecule has 0 radical (unpaired) electrons. The first-order valence-corrected chi connectivity index (χ1v) is 10.1. The van der Waals surface area contributed by atoms with Crippen LogP contribution in [0.5, 0.6) is 0 Å². The molecule has 0 aliphatic heterocycles. The van der Waals surface area contributed by atoms with Crippen LogP contribution >= 0.6 is 11.6 Å². The van der Waals surface area contributed by atoms with Gasteiger partial charge in [0.2, 0.25) is 0 Å². The third-order valence-corrected chi connectivity index (χ3v) is 5.38. The van der Waals surface area contributed by atoms with Gasteiger partial charge in [0.15, 0.2) is 0 Å². The monoisotopic (exact) mass is 392 g/mol. The summed E-state index contributed by atoms with van der Waals surface area (Å²) in [6.45, 7) is 0. The van der Waals surface area contributed by atoms with E-state index in [9.17, 15) is 9.90 Å². The maximum atomic E-state index is 11.6. The fourth-order valence-corrected chi connectivity index (χ4v) is 3.56. The summed E-state index contributed by atoms with van der Waals surface area (Å²) in [4.78, 5) is 11.6. The number of aryl methyl sites for hydroxylation is 2. The second kappa shape index (κ2) is 10.1. The number of benzene rings is 3. The van der Waals surface area contributed by atoms with Crippen LogP contribution in [0.3, 0.4) is 0 Å². The fraction of sp³-hybridized carbons (Fsp3) is 0.240. The largest absolute Gasteiger partial charge is 0.481 e. The quantitative estimate of drug-likeness (QED) is 0.441. The number of halogens is 1. The molecule has 1 N–H and O–H groups in total. The standard InChI is InChI=1S/C25H25ClO2/c26-24-17-15-22(16-18-24)21-12-9-20(10-13-21)11-14-23(25(27)28)8-4-7-19-5-2-1-3-6-19/h1-3,5-6,9-10,12-13,15-18,23H,4,7-8,11,14H2,(H,27,28). The van der Waals surface area contributed by atoms with Crippen molar-refractivity contribution in [1.82, 2.24) is 0 Å². The van der Waals surface area contributed by atoms with E-state index in [4.69, 9.17) is 11.6 Å². The number of carboxylic acids is 1. The molecule has 28 heavy (non-hydrogen) atoms. The molecule has 0 saturated carbocycles. The topological polar surface area (TPSA) is 37.3 Å². The van der Waals surface area contributed by atoms with Crippen LogP contribution in [0.4, 0.5) is 0 Å². The molecule has 0 aromatic heterocycles. The zero-order chi connectivity index (χ0) is 19.8. The van der Waals surface area contributed by atoms with Gasteiger partial charge < -0.3 is 5.11 Å². The van der Waals surface area contributed by atoms with Crippen LogP contribution in [0.25, 0.3) is 11.1 Å². The molecule has 0 aliphatic carbocycles. The molecule has 0 fully saturated rings. The lowest BCUT2D eigenvalue weighted by Crippen LogP contribution is -2.15. The summed E-state index contributed by atoms with van der Waals surface area (Å²) in [5.41, 5.74) is 4.70. The number of aliphatic carboxylic acids is 1. The maximum Gasteiger partial charge on any atom is 0.306 e. The normalized spacial score (nSPS) is 11.9. The second-order valence-electron chi connectivity index (χ2n) is 7.16. The molecule has 0 heterocycles. The van der Waals surface area contributed by atoms with Crippen molar-refractivity contribution in [2.45, 2.75) is 32.1 Å². The van der Waals surface area contributed by atoms with Crippen molar-refractivity contribution >= 4 is 17.6 Å². The summed E-state index contributed by atoms with van der Waals surface area (Å²) < 4.78 is 0. The Hall–Kier alpha value is -2.58. The van der Waals surface area contributed by atoms with Crippen LogP contribution in [0, 0.1) is 5.92 Å². The Morgan fingerprint density at radius 1 is 0.750 bits per heavy atom. The highest BCUT2D eigenvalue weighted by molar-refractivity contribution is 6.30. The highest BCUT2D eigenvalue weighted by Gasteiger charge is 2.17. The zero-order valence-corrected chi connectivity index (χ0v) is 16.6. The van der Waals surface area contributed by atoms with Gasteiger partial charge in [0.05, 0.1) is 5.92 Å². The number of carboxylic acid groups (broad SMARTS) is 1. The van der Waals surface area contributed by atoms with E-state index in [0.29, 0.717) is 12.8 Å². The molecular weight excluding hydrogens is 368 g/mol. The highest BCUT2D eigenvalue weighted by atomic mass is 35.5. The minimum atomic E-state index is -0.689. The molecule has 0 saturated heterocycles. The Kier molecular flexibility index (Phi) is 7.27. The van der Waals surface area contributed by atoms with Crippen molar-refractivity contribution in [3.63, 3.8) is 0 Å². The van der Waals surface area contributed by atoms with Gasteiger partial charge in [-0.2, -0.15) is 0 Å². The van der Waals surface area contributed by atoms with Gasteiger partial charge in [-0.1, -0.05) is 78.3 Å².